The van der Waals surface area contributed by atoms with Gasteiger partial charge in [-0.25, -0.2) is 32.3 Å². The van der Waals surface area contributed by atoms with Crippen LogP contribution in [0.2, 0.25) is 5.15 Å². The van der Waals surface area contributed by atoms with Gasteiger partial charge in [0, 0.05) is 5.56 Å². The highest BCUT2D eigenvalue weighted by molar-refractivity contribution is 6.33. The Bertz CT molecular complexity index is 1360. The van der Waals surface area contributed by atoms with Crippen LogP contribution in [0.3, 0.4) is 0 Å². The molecule has 0 radical (unpaired) electrons. The van der Waals surface area contributed by atoms with Crippen molar-refractivity contribution in [1.29, 1.82) is 0 Å². The molecular weight excluding hydrogens is 555 g/mol. The average Bonchev–Trinajstić information content (AvgIpc) is 3.15. The predicted octanol–water partition coefficient (Wildman–Crippen LogP) is 5.69. The summed E-state index contributed by atoms with van der Waals surface area (Å²) in [6, 6.07) is 1.41. The summed E-state index contributed by atoms with van der Waals surface area (Å²) < 4.78 is 79.3. The predicted molar refractivity (Wildman–Crippen MR) is 130 cm³/mol. The van der Waals surface area contributed by atoms with E-state index in [1.165, 1.54) is 6.92 Å². The Balaban J connectivity index is 2.05. The van der Waals surface area contributed by atoms with Crippen LogP contribution in [0, 0.1) is 18.7 Å². The molecule has 0 saturated heterocycles. The number of carbonyl (C=O) groups excluding carboxylic acids is 2. The molecule has 1 aromatic carbocycles. The molecule has 0 spiro atoms. The number of ether oxygens (including phenoxy) is 2. The van der Waals surface area contributed by atoms with E-state index in [0.29, 0.717) is 11.8 Å². The number of hydrogen-bond donors (Lipinski definition) is 3. The molecule has 0 fully saturated rings. The van der Waals surface area contributed by atoms with E-state index in [1.54, 1.807) is 20.8 Å². The van der Waals surface area contributed by atoms with Crippen molar-refractivity contribution in [3.63, 3.8) is 0 Å². The molecule has 39 heavy (non-hydrogen) atoms. The van der Waals surface area contributed by atoms with Gasteiger partial charge in [-0.2, -0.15) is 9.49 Å². The zero-order valence-corrected chi connectivity index (χ0v) is 21.6. The van der Waals surface area contributed by atoms with Gasteiger partial charge in [-0.15, -0.1) is 0 Å². The smallest absolute Gasteiger partial charge is 0.413 e. The number of nitrogens with one attached hydrogen (secondary N) is 3. The maximum absolute atomic E-state index is 15.2. The van der Waals surface area contributed by atoms with Crippen LogP contribution in [0.15, 0.2) is 18.3 Å². The van der Waals surface area contributed by atoms with E-state index in [2.05, 4.69) is 25.5 Å². The van der Waals surface area contributed by atoms with Crippen LogP contribution in [-0.2, 0) is 4.74 Å². The lowest BCUT2D eigenvalue weighted by molar-refractivity contribution is -0.00155. The van der Waals surface area contributed by atoms with Crippen LogP contribution < -0.4 is 15.4 Å². The maximum Gasteiger partial charge on any atom is 0.413 e. The molecule has 2 amide bonds. The normalized spacial score (nSPS) is 12.3. The van der Waals surface area contributed by atoms with Crippen LogP contribution in [0.25, 0.3) is 11.3 Å². The fourth-order valence-corrected chi connectivity index (χ4v) is 3.28. The molecule has 10 nitrogen and oxygen atoms in total. The molecule has 0 saturated carbocycles. The van der Waals surface area contributed by atoms with Gasteiger partial charge in [-0.1, -0.05) is 11.6 Å². The first-order valence-electron chi connectivity index (χ1n) is 11.1. The lowest BCUT2D eigenvalue weighted by Crippen LogP contribution is -2.29. The third-order valence-corrected chi connectivity index (χ3v) is 5.06. The second-order valence-corrected chi connectivity index (χ2v) is 9.32. The topological polar surface area (TPSA) is 131 Å². The highest BCUT2D eigenvalue weighted by Crippen LogP contribution is 2.33. The van der Waals surface area contributed by atoms with Crippen LogP contribution >= 0.6 is 11.6 Å². The number of carbonyl (C=O) groups is 2. The molecule has 3 N–H and O–H groups in total. The molecule has 3 rings (SSSR count). The Morgan fingerprint density at radius 1 is 1.18 bits per heavy atom. The quantitative estimate of drug-likeness (QED) is 0.294. The summed E-state index contributed by atoms with van der Waals surface area (Å²) in [5.74, 6) is -4.81. The summed E-state index contributed by atoms with van der Waals surface area (Å²) in [4.78, 5) is 32.2. The number of aryl methyl sites for hydroxylation is 1. The number of H-pyrrole nitrogens is 1. The van der Waals surface area contributed by atoms with Crippen LogP contribution in [0.4, 0.5) is 38.3 Å². The Morgan fingerprint density at radius 3 is 2.44 bits per heavy atom. The minimum absolute atomic E-state index is 0.0234. The van der Waals surface area contributed by atoms with Crippen molar-refractivity contribution in [1.82, 2.24) is 20.2 Å². The highest BCUT2D eigenvalue weighted by atomic mass is 35.5. The molecule has 0 aliphatic rings. The van der Waals surface area contributed by atoms with Crippen LogP contribution in [0.1, 0.15) is 36.8 Å². The van der Waals surface area contributed by atoms with Crippen molar-refractivity contribution in [2.75, 3.05) is 17.3 Å². The molecule has 2 heterocycles. The third kappa shape index (κ3) is 7.31. The fourth-order valence-electron chi connectivity index (χ4n) is 3.05. The first-order chi connectivity index (χ1) is 18.2. The number of halogens is 6. The average molecular weight is 577 g/mol. The lowest BCUT2D eigenvalue weighted by atomic mass is 10.1. The van der Waals surface area contributed by atoms with Gasteiger partial charge in [0.05, 0.1) is 23.1 Å². The van der Waals surface area contributed by atoms with E-state index < -0.39 is 71.3 Å². The second-order valence-electron chi connectivity index (χ2n) is 8.96. The van der Waals surface area contributed by atoms with Crippen molar-refractivity contribution in [3.8, 4) is 17.0 Å². The van der Waals surface area contributed by atoms with Gasteiger partial charge in [0.2, 0.25) is 0 Å². The molecule has 3 aromatic rings. The number of aromatic nitrogens is 4. The van der Waals surface area contributed by atoms with E-state index in [-0.39, 0.29) is 16.5 Å². The van der Waals surface area contributed by atoms with E-state index in [0.717, 1.165) is 12.3 Å². The molecule has 1 atom stereocenters. The van der Waals surface area contributed by atoms with E-state index in [9.17, 15) is 27.2 Å². The third-order valence-electron chi connectivity index (χ3n) is 4.79. The summed E-state index contributed by atoms with van der Waals surface area (Å²) in [5.41, 5.74) is -2.07. The summed E-state index contributed by atoms with van der Waals surface area (Å²) in [6.07, 6.45) is -5.91. The summed E-state index contributed by atoms with van der Waals surface area (Å²) >= 11 is 5.90. The monoisotopic (exact) mass is 576 g/mol. The van der Waals surface area contributed by atoms with Gasteiger partial charge in [-0.3, -0.25) is 15.2 Å². The number of amides is 2. The Kier molecular flexibility index (Phi) is 8.94. The zero-order valence-electron chi connectivity index (χ0n) is 20.8. The Labute approximate surface area is 223 Å². The Hall–Kier alpha value is -4.01. The van der Waals surface area contributed by atoms with Crippen molar-refractivity contribution in [2.24, 2.45) is 0 Å². The van der Waals surface area contributed by atoms with Crippen LogP contribution in [-0.4, -0.2) is 57.0 Å². The van der Waals surface area contributed by atoms with Crippen molar-refractivity contribution in [2.45, 2.75) is 45.8 Å². The number of rotatable bonds is 8. The Morgan fingerprint density at radius 2 is 1.87 bits per heavy atom. The molecule has 0 aliphatic carbocycles. The van der Waals surface area contributed by atoms with Gasteiger partial charge in [0.25, 0.3) is 18.3 Å². The second kappa shape index (κ2) is 11.8. The van der Waals surface area contributed by atoms with Gasteiger partial charge in [0.1, 0.15) is 29.5 Å². The molecule has 210 valence electrons. The maximum atomic E-state index is 15.2. The summed E-state index contributed by atoms with van der Waals surface area (Å²) in [5, 5.41) is 10.4. The van der Waals surface area contributed by atoms with E-state index in [1.807, 2.05) is 5.32 Å². The first kappa shape index (κ1) is 29.5. The fraction of sp³-hybridized carbons (Fsp3) is 0.348. The molecular formula is C23H22ClF5N6O4. The van der Waals surface area contributed by atoms with Crippen molar-refractivity contribution in [3.05, 3.63) is 46.5 Å². The number of anilines is 2. The SMILES string of the molecule is Cc1[nH]nc(Cl)c1NC(=O)c1cc(F)c(-c2cnc(F)c(NC(=O)OC(C)(C)C)n2)cc1OC(CF)C(F)F. The minimum Gasteiger partial charge on any atom is -0.481 e. The molecule has 16 heteroatoms. The van der Waals surface area contributed by atoms with Gasteiger partial charge in [0.15, 0.2) is 17.1 Å². The molecule has 1 unspecified atom stereocenters. The van der Waals surface area contributed by atoms with Crippen molar-refractivity contribution >= 4 is 35.1 Å². The van der Waals surface area contributed by atoms with E-state index >= 15 is 4.39 Å². The molecule has 0 aliphatic heterocycles. The van der Waals surface area contributed by atoms with Crippen molar-refractivity contribution < 1.29 is 41.0 Å². The zero-order chi connectivity index (χ0) is 29.1. The van der Waals surface area contributed by atoms with Gasteiger partial charge < -0.3 is 14.8 Å². The minimum atomic E-state index is -3.31. The molecule has 0 bridgehead atoms. The highest BCUT2D eigenvalue weighted by Gasteiger charge is 2.28. The summed E-state index contributed by atoms with van der Waals surface area (Å²) in [6.45, 7) is 4.56. The first-order valence-corrected chi connectivity index (χ1v) is 11.5. The lowest BCUT2D eigenvalue weighted by Gasteiger charge is -2.20. The number of aromatic amines is 1. The number of nitrogens with zero attached hydrogens (tertiary/aromatic N) is 3. The summed E-state index contributed by atoms with van der Waals surface area (Å²) in [7, 11) is 0. The molecule has 2 aromatic heterocycles. The number of benzene rings is 1. The number of alkyl halides is 3. The van der Waals surface area contributed by atoms with E-state index in [4.69, 9.17) is 21.1 Å². The standard InChI is InChI=1S/C23H22ClF5N6O4/c1-9-16(17(24)35-34-9)32-21(36)11-5-12(26)10(6-14(11)38-15(7-25)18(27)28)13-8-30-19(29)20(31-13)33-22(37)39-23(2,3)4/h5-6,8,15,18H,7H2,1-4H3,(H,32,36)(H,34,35)(H,31,33,37). The largest absolute Gasteiger partial charge is 0.481 e. The van der Waals surface area contributed by atoms with Gasteiger partial charge >= 0.3 is 6.09 Å². The van der Waals surface area contributed by atoms with Crippen LogP contribution in [0.5, 0.6) is 5.75 Å². The number of hydrogen-bond acceptors (Lipinski definition) is 7. The van der Waals surface area contributed by atoms with Gasteiger partial charge in [-0.05, 0) is 39.8 Å².